The minimum Gasteiger partial charge on any atom is -0.508 e. The summed E-state index contributed by atoms with van der Waals surface area (Å²) in [5.41, 5.74) is 0.683. The Hall–Kier alpha value is -2.05. The number of aliphatic imine (C=N–C) groups is 1. The lowest BCUT2D eigenvalue weighted by molar-refractivity contribution is -0.115. The Morgan fingerprint density at radius 2 is 2.00 bits per heavy atom. The van der Waals surface area contributed by atoms with Gasteiger partial charge in [0.25, 0.3) is 5.91 Å². The molecule has 0 atom stereocenters. The van der Waals surface area contributed by atoms with Crippen LogP contribution in [0.1, 0.15) is 4.88 Å². The van der Waals surface area contributed by atoms with E-state index in [0.717, 1.165) is 4.88 Å². The predicted molar refractivity (Wildman–Crippen MR) is 83.2 cm³/mol. The van der Waals surface area contributed by atoms with Gasteiger partial charge in [-0.05, 0) is 53.5 Å². The van der Waals surface area contributed by atoms with Crippen LogP contribution in [0.5, 0.6) is 5.75 Å². The molecule has 1 fully saturated rings. The van der Waals surface area contributed by atoms with Crippen molar-refractivity contribution in [3.63, 3.8) is 0 Å². The minimum absolute atomic E-state index is 0.138. The van der Waals surface area contributed by atoms with Crippen molar-refractivity contribution in [1.29, 1.82) is 0 Å². The number of amides is 1. The fourth-order valence-electron chi connectivity index (χ4n) is 1.63. The lowest BCUT2D eigenvalue weighted by Crippen LogP contribution is -2.19. The second-order valence-corrected chi connectivity index (χ2v) is 6.02. The van der Waals surface area contributed by atoms with Crippen LogP contribution in [0.25, 0.3) is 6.08 Å². The molecule has 0 spiro atoms. The van der Waals surface area contributed by atoms with E-state index in [4.69, 9.17) is 0 Å². The zero-order chi connectivity index (χ0) is 13.9. The Morgan fingerprint density at radius 1 is 1.20 bits per heavy atom. The van der Waals surface area contributed by atoms with E-state index in [0.29, 0.717) is 15.8 Å². The van der Waals surface area contributed by atoms with Gasteiger partial charge in [-0.3, -0.25) is 4.79 Å². The van der Waals surface area contributed by atoms with Crippen molar-refractivity contribution in [2.24, 2.45) is 4.99 Å². The zero-order valence-electron chi connectivity index (χ0n) is 10.2. The van der Waals surface area contributed by atoms with Crippen LogP contribution in [0.15, 0.2) is 51.7 Å². The van der Waals surface area contributed by atoms with Gasteiger partial charge in [-0.15, -0.1) is 11.3 Å². The van der Waals surface area contributed by atoms with Crippen molar-refractivity contribution < 1.29 is 9.90 Å². The number of hydrogen-bond donors (Lipinski definition) is 2. The van der Waals surface area contributed by atoms with Gasteiger partial charge in [0.2, 0.25) is 0 Å². The second-order valence-electron chi connectivity index (χ2n) is 4.01. The number of carbonyl (C=O) groups excluding carboxylic acids is 1. The summed E-state index contributed by atoms with van der Waals surface area (Å²) in [6.45, 7) is 0. The molecule has 1 aliphatic rings. The van der Waals surface area contributed by atoms with E-state index in [1.807, 2.05) is 23.6 Å². The molecule has 1 amide bonds. The number of aromatic hydroxyl groups is 1. The molecule has 2 heterocycles. The van der Waals surface area contributed by atoms with Crippen molar-refractivity contribution in [1.82, 2.24) is 5.32 Å². The molecule has 1 aliphatic heterocycles. The molecular weight excluding hydrogens is 292 g/mol. The Labute approximate surface area is 123 Å². The SMILES string of the molecule is O=C1NC(=Nc2ccc(O)cc2)S/C1=C\c1cccs1. The Balaban J connectivity index is 1.81. The van der Waals surface area contributed by atoms with Crippen molar-refractivity contribution in [2.45, 2.75) is 0 Å². The van der Waals surface area contributed by atoms with Crippen LogP contribution >= 0.6 is 23.1 Å². The number of thioether (sulfide) groups is 1. The molecule has 6 heteroatoms. The van der Waals surface area contributed by atoms with Crippen LogP contribution < -0.4 is 5.32 Å². The van der Waals surface area contributed by atoms with Crippen molar-refractivity contribution in [3.05, 3.63) is 51.6 Å². The lowest BCUT2D eigenvalue weighted by atomic mass is 10.3. The van der Waals surface area contributed by atoms with Gasteiger partial charge in [-0.2, -0.15) is 0 Å². The molecule has 0 radical (unpaired) electrons. The van der Waals surface area contributed by atoms with Gasteiger partial charge < -0.3 is 10.4 Å². The maximum absolute atomic E-state index is 11.8. The zero-order valence-corrected chi connectivity index (χ0v) is 11.9. The molecule has 0 aliphatic carbocycles. The van der Waals surface area contributed by atoms with Crippen LogP contribution in [-0.4, -0.2) is 16.2 Å². The molecule has 0 saturated carbocycles. The number of carbonyl (C=O) groups is 1. The quantitative estimate of drug-likeness (QED) is 0.836. The number of phenols is 1. The highest BCUT2D eigenvalue weighted by Gasteiger charge is 2.23. The maximum atomic E-state index is 11.8. The number of benzene rings is 1. The molecule has 0 bridgehead atoms. The van der Waals surface area contributed by atoms with Crippen molar-refractivity contribution in [2.75, 3.05) is 0 Å². The number of rotatable bonds is 2. The molecule has 2 aromatic rings. The van der Waals surface area contributed by atoms with Gasteiger partial charge in [0.05, 0.1) is 10.6 Å². The summed E-state index contributed by atoms with van der Waals surface area (Å²) < 4.78 is 0. The van der Waals surface area contributed by atoms with E-state index in [2.05, 4.69) is 10.3 Å². The number of phenolic OH excluding ortho intramolecular Hbond substituents is 1. The van der Waals surface area contributed by atoms with E-state index in [1.54, 1.807) is 35.6 Å². The fraction of sp³-hybridized carbons (Fsp3) is 0. The number of nitrogens with one attached hydrogen (secondary N) is 1. The standard InChI is InChI=1S/C14H10N2O2S2/c17-10-5-3-9(4-6-10)15-14-16-13(18)12(20-14)8-11-2-1-7-19-11/h1-8,17H,(H,15,16,18)/b12-8-. The highest BCUT2D eigenvalue weighted by atomic mass is 32.2. The molecule has 4 nitrogen and oxygen atoms in total. The van der Waals surface area contributed by atoms with E-state index in [1.165, 1.54) is 11.8 Å². The molecule has 2 N–H and O–H groups in total. The monoisotopic (exact) mass is 302 g/mol. The highest BCUT2D eigenvalue weighted by Crippen LogP contribution is 2.29. The Kier molecular flexibility index (Phi) is 3.58. The largest absolute Gasteiger partial charge is 0.508 e. The molecule has 3 rings (SSSR count). The second kappa shape index (κ2) is 5.52. The topological polar surface area (TPSA) is 61.7 Å². The van der Waals surface area contributed by atoms with Crippen LogP contribution in [-0.2, 0) is 4.79 Å². The normalized spacial score (nSPS) is 18.7. The first-order valence-electron chi connectivity index (χ1n) is 5.83. The van der Waals surface area contributed by atoms with Gasteiger partial charge in [0.15, 0.2) is 5.17 Å². The summed E-state index contributed by atoms with van der Waals surface area (Å²) in [5, 5.41) is 14.5. The highest BCUT2D eigenvalue weighted by molar-refractivity contribution is 8.18. The number of nitrogens with zero attached hydrogens (tertiary/aromatic N) is 1. The van der Waals surface area contributed by atoms with Crippen LogP contribution in [0.4, 0.5) is 5.69 Å². The minimum atomic E-state index is -0.138. The first kappa shape index (κ1) is 13.0. The van der Waals surface area contributed by atoms with Crippen molar-refractivity contribution >= 4 is 45.9 Å². The summed E-state index contributed by atoms with van der Waals surface area (Å²) >= 11 is 2.89. The Bertz CT molecular complexity index is 688. The first-order chi connectivity index (χ1) is 9.70. The summed E-state index contributed by atoms with van der Waals surface area (Å²) in [4.78, 5) is 17.8. The maximum Gasteiger partial charge on any atom is 0.264 e. The van der Waals surface area contributed by atoms with Crippen LogP contribution in [0.3, 0.4) is 0 Å². The van der Waals surface area contributed by atoms with Gasteiger partial charge in [-0.25, -0.2) is 4.99 Å². The summed E-state index contributed by atoms with van der Waals surface area (Å²) in [7, 11) is 0. The average Bonchev–Trinajstić information content (AvgIpc) is 3.04. The summed E-state index contributed by atoms with van der Waals surface area (Å²) in [6, 6.07) is 10.4. The molecule has 1 aromatic carbocycles. The van der Waals surface area contributed by atoms with E-state index in [9.17, 15) is 9.90 Å². The number of thiophene rings is 1. The van der Waals surface area contributed by atoms with Gasteiger partial charge in [0.1, 0.15) is 5.75 Å². The van der Waals surface area contributed by atoms with Gasteiger partial charge in [-0.1, -0.05) is 6.07 Å². The third kappa shape index (κ3) is 2.92. The lowest BCUT2D eigenvalue weighted by Gasteiger charge is -1.96. The predicted octanol–water partition coefficient (Wildman–Crippen LogP) is 3.35. The van der Waals surface area contributed by atoms with Crippen LogP contribution in [0, 0.1) is 0 Å². The fourth-order valence-corrected chi connectivity index (χ4v) is 3.19. The van der Waals surface area contributed by atoms with E-state index < -0.39 is 0 Å². The van der Waals surface area contributed by atoms with Crippen molar-refractivity contribution in [3.8, 4) is 5.75 Å². The van der Waals surface area contributed by atoms with Crippen LogP contribution in [0.2, 0.25) is 0 Å². The third-order valence-corrected chi connectivity index (χ3v) is 4.28. The third-order valence-electron chi connectivity index (χ3n) is 2.55. The molecule has 100 valence electrons. The van der Waals surface area contributed by atoms with Gasteiger partial charge in [0, 0.05) is 4.88 Å². The molecule has 0 unspecified atom stereocenters. The van der Waals surface area contributed by atoms with Gasteiger partial charge >= 0.3 is 0 Å². The molecular formula is C14H10N2O2S2. The number of amidine groups is 1. The summed E-state index contributed by atoms with van der Waals surface area (Å²) in [5.74, 6) is 0.0521. The summed E-state index contributed by atoms with van der Waals surface area (Å²) in [6.07, 6.45) is 1.85. The smallest absolute Gasteiger partial charge is 0.264 e. The average molecular weight is 302 g/mol. The first-order valence-corrected chi connectivity index (χ1v) is 7.52. The van der Waals surface area contributed by atoms with E-state index in [-0.39, 0.29) is 11.7 Å². The molecule has 1 aromatic heterocycles. The number of hydrogen-bond acceptors (Lipinski definition) is 5. The van der Waals surface area contributed by atoms with E-state index >= 15 is 0 Å². The molecule has 1 saturated heterocycles. The molecule has 20 heavy (non-hydrogen) atoms. The Morgan fingerprint density at radius 3 is 2.70 bits per heavy atom.